The molecule has 0 fully saturated rings. The lowest BCUT2D eigenvalue weighted by Gasteiger charge is -2.06. The van der Waals surface area contributed by atoms with Gasteiger partial charge >= 0.3 is 0 Å². The van der Waals surface area contributed by atoms with Crippen LogP contribution in [0.3, 0.4) is 0 Å². The standard InChI is InChI=1S/C14H11ClFN3O/c1-20-10-4-2-9(3-5-10)8-19-13-11(6-18-19)14(15)17-7-12(13)16/h2-7H,8H2,1H3. The van der Waals surface area contributed by atoms with Crippen LogP contribution in [0.1, 0.15) is 5.56 Å². The van der Waals surface area contributed by atoms with Crippen LogP contribution in [-0.2, 0) is 6.54 Å². The molecule has 0 saturated heterocycles. The second kappa shape index (κ2) is 5.09. The lowest BCUT2D eigenvalue weighted by Crippen LogP contribution is -2.03. The Labute approximate surface area is 119 Å². The van der Waals surface area contributed by atoms with Gasteiger partial charge in [-0.05, 0) is 17.7 Å². The molecule has 0 aliphatic heterocycles. The van der Waals surface area contributed by atoms with Gasteiger partial charge in [0.15, 0.2) is 5.82 Å². The summed E-state index contributed by atoms with van der Waals surface area (Å²) in [4.78, 5) is 3.77. The minimum Gasteiger partial charge on any atom is -0.497 e. The maximum absolute atomic E-state index is 13.9. The molecule has 0 aliphatic rings. The van der Waals surface area contributed by atoms with Crippen molar-refractivity contribution in [1.29, 1.82) is 0 Å². The summed E-state index contributed by atoms with van der Waals surface area (Å²) < 4.78 is 20.6. The number of aromatic nitrogens is 3. The summed E-state index contributed by atoms with van der Waals surface area (Å²) in [7, 11) is 1.61. The third kappa shape index (κ3) is 2.20. The molecule has 0 atom stereocenters. The zero-order valence-electron chi connectivity index (χ0n) is 10.7. The first kappa shape index (κ1) is 12.9. The number of methoxy groups -OCH3 is 1. The molecule has 3 rings (SSSR count). The second-order valence-electron chi connectivity index (χ2n) is 4.31. The Morgan fingerprint density at radius 2 is 2.00 bits per heavy atom. The first-order valence-corrected chi connectivity index (χ1v) is 6.35. The predicted molar refractivity (Wildman–Crippen MR) is 74.6 cm³/mol. The molecule has 0 saturated carbocycles. The molecular formula is C14H11ClFN3O. The highest BCUT2D eigenvalue weighted by molar-refractivity contribution is 6.34. The molecule has 0 radical (unpaired) electrons. The van der Waals surface area contributed by atoms with Crippen molar-refractivity contribution < 1.29 is 9.13 Å². The molecule has 6 heteroatoms. The molecular weight excluding hydrogens is 281 g/mol. The molecule has 0 unspecified atom stereocenters. The van der Waals surface area contributed by atoms with E-state index in [1.807, 2.05) is 24.3 Å². The zero-order valence-corrected chi connectivity index (χ0v) is 11.4. The van der Waals surface area contributed by atoms with Crippen LogP contribution in [0, 0.1) is 5.82 Å². The summed E-state index contributed by atoms with van der Waals surface area (Å²) in [6, 6.07) is 7.53. The zero-order chi connectivity index (χ0) is 14.1. The number of rotatable bonds is 3. The summed E-state index contributed by atoms with van der Waals surface area (Å²) in [5.74, 6) is 0.341. The number of hydrogen-bond donors (Lipinski definition) is 0. The summed E-state index contributed by atoms with van der Waals surface area (Å²) in [6.45, 7) is 0.449. The molecule has 0 aliphatic carbocycles. The molecule has 4 nitrogen and oxygen atoms in total. The number of pyridine rings is 1. The van der Waals surface area contributed by atoms with E-state index in [4.69, 9.17) is 16.3 Å². The third-order valence-corrected chi connectivity index (χ3v) is 3.37. The summed E-state index contributed by atoms with van der Waals surface area (Å²) in [6.07, 6.45) is 2.63. The number of ether oxygens (including phenoxy) is 1. The molecule has 2 heterocycles. The lowest BCUT2D eigenvalue weighted by atomic mass is 10.2. The second-order valence-corrected chi connectivity index (χ2v) is 4.67. The Morgan fingerprint density at radius 1 is 1.25 bits per heavy atom. The fraction of sp³-hybridized carbons (Fsp3) is 0.143. The van der Waals surface area contributed by atoms with Crippen LogP contribution in [0.5, 0.6) is 5.75 Å². The van der Waals surface area contributed by atoms with Crippen LogP contribution in [-0.4, -0.2) is 21.9 Å². The average molecular weight is 292 g/mol. The minimum absolute atomic E-state index is 0.252. The van der Waals surface area contributed by atoms with Crippen LogP contribution in [0.25, 0.3) is 10.9 Å². The monoisotopic (exact) mass is 291 g/mol. The van der Waals surface area contributed by atoms with E-state index in [-0.39, 0.29) is 5.15 Å². The van der Waals surface area contributed by atoms with Gasteiger partial charge in [-0.15, -0.1) is 0 Å². The van der Waals surface area contributed by atoms with E-state index in [0.717, 1.165) is 17.5 Å². The number of nitrogens with zero attached hydrogens (tertiary/aromatic N) is 3. The SMILES string of the molecule is COc1ccc(Cn2ncc3c(Cl)ncc(F)c32)cc1. The average Bonchev–Trinajstić information content (AvgIpc) is 2.89. The van der Waals surface area contributed by atoms with Crippen molar-refractivity contribution in [3.05, 3.63) is 53.2 Å². The molecule has 20 heavy (non-hydrogen) atoms. The van der Waals surface area contributed by atoms with Gasteiger partial charge in [-0.2, -0.15) is 5.10 Å². The van der Waals surface area contributed by atoms with Crippen molar-refractivity contribution in [3.63, 3.8) is 0 Å². The Balaban J connectivity index is 2.00. The maximum Gasteiger partial charge on any atom is 0.167 e. The summed E-state index contributed by atoms with van der Waals surface area (Å²) >= 11 is 5.94. The summed E-state index contributed by atoms with van der Waals surface area (Å²) in [5, 5.41) is 4.94. The van der Waals surface area contributed by atoms with Gasteiger partial charge in [0, 0.05) is 0 Å². The molecule has 3 aromatic rings. The molecule has 102 valence electrons. The van der Waals surface area contributed by atoms with Crippen LogP contribution in [0.4, 0.5) is 4.39 Å². The van der Waals surface area contributed by atoms with Crippen LogP contribution in [0.15, 0.2) is 36.7 Å². The Bertz CT molecular complexity index is 755. The van der Waals surface area contributed by atoms with Crippen molar-refractivity contribution in [3.8, 4) is 5.75 Å². The molecule has 0 amide bonds. The van der Waals surface area contributed by atoms with Crippen molar-refractivity contribution >= 4 is 22.5 Å². The van der Waals surface area contributed by atoms with Gasteiger partial charge in [0.05, 0.1) is 31.4 Å². The largest absolute Gasteiger partial charge is 0.497 e. The number of hydrogen-bond acceptors (Lipinski definition) is 3. The van der Waals surface area contributed by atoms with Crippen molar-refractivity contribution in [2.24, 2.45) is 0 Å². The predicted octanol–water partition coefficient (Wildman–Crippen LogP) is 3.28. The smallest absolute Gasteiger partial charge is 0.167 e. The minimum atomic E-state index is -0.435. The first-order chi connectivity index (χ1) is 9.69. The maximum atomic E-state index is 13.9. The van der Waals surface area contributed by atoms with Gasteiger partial charge in [0.25, 0.3) is 0 Å². The van der Waals surface area contributed by atoms with Crippen molar-refractivity contribution in [2.75, 3.05) is 7.11 Å². The Kier molecular flexibility index (Phi) is 3.28. The number of halogens is 2. The van der Waals surface area contributed by atoms with Gasteiger partial charge in [-0.3, -0.25) is 4.68 Å². The van der Waals surface area contributed by atoms with E-state index in [0.29, 0.717) is 17.4 Å². The lowest BCUT2D eigenvalue weighted by molar-refractivity contribution is 0.414. The quantitative estimate of drug-likeness (QED) is 0.695. The van der Waals surface area contributed by atoms with Gasteiger partial charge in [-0.25, -0.2) is 9.37 Å². The highest BCUT2D eigenvalue weighted by Gasteiger charge is 2.12. The number of fused-ring (bicyclic) bond motifs is 1. The normalized spacial score (nSPS) is 10.9. The van der Waals surface area contributed by atoms with E-state index in [9.17, 15) is 4.39 Å². The van der Waals surface area contributed by atoms with E-state index in [1.165, 1.54) is 6.20 Å². The van der Waals surface area contributed by atoms with E-state index in [1.54, 1.807) is 11.8 Å². The fourth-order valence-electron chi connectivity index (χ4n) is 2.06. The van der Waals surface area contributed by atoms with Crippen LogP contribution in [0.2, 0.25) is 5.15 Å². The van der Waals surface area contributed by atoms with Crippen LogP contribution < -0.4 is 4.74 Å². The molecule has 0 bridgehead atoms. The van der Waals surface area contributed by atoms with E-state index in [2.05, 4.69) is 10.1 Å². The molecule has 1 aromatic carbocycles. The van der Waals surface area contributed by atoms with Crippen molar-refractivity contribution in [1.82, 2.24) is 14.8 Å². The third-order valence-electron chi connectivity index (χ3n) is 3.07. The molecule has 2 aromatic heterocycles. The van der Waals surface area contributed by atoms with Gasteiger partial charge in [0.2, 0.25) is 0 Å². The van der Waals surface area contributed by atoms with Gasteiger partial charge < -0.3 is 4.74 Å². The van der Waals surface area contributed by atoms with Gasteiger partial charge in [-0.1, -0.05) is 23.7 Å². The fourth-order valence-corrected chi connectivity index (χ4v) is 2.24. The van der Waals surface area contributed by atoms with Gasteiger partial charge in [0.1, 0.15) is 16.4 Å². The molecule has 0 N–H and O–H groups in total. The summed E-state index contributed by atoms with van der Waals surface area (Å²) in [5.41, 5.74) is 1.35. The highest BCUT2D eigenvalue weighted by Crippen LogP contribution is 2.24. The topological polar surface area (TPSA) is 39.9 Å². The van der Waals surface area contributed by atoms with Crippen LogP contribution >= 0.6 is 11.6 Å². The molecule has 0 spiro atoms. The van der Waals surface area contributed by atoms with E-state index < -0.39 is 5.82 Å². The van der Waals surface area contributed by atoms with E-state index >= 15 is 0 Å². The Morgan fingerprint density at radius 3 is 2.70 bits per heavy atom. The highest BCUT2D eigenvalue weighted by atomic mass is 35.5. The number of benzene rings is 1. The first-order valence-electron chi connectivity index (χ1n) is 5.97. The van der Waals surface area contributed by atoms with Crippen molar-refractivity contribution in [2.45, 2.75) is 6.54 Å². The Hall–Kier alpha value is -2.14.